The van der Waals surface area contributed by atoms with Crippen LogP contribution in [-0.2, 0) is 0 Å². The zero-order valence-corrected chi connectivity index (χ0v) is 10.9. The molecule has 0 aliphatic heterocycles. The maximum atomic E-state index is 10.9. The number of carbonyl (C=O) groups is 1. The molecule has 0 spiro atoms. The quantitative estimate of drug-likeness (QED) is 0.772. The van der Waals surface area contributed by atoms with E-state index in [1.165, 1.54) is 12.1 Å². The van der Waals surface area contributed by atoms with Crippen molar-refractivity contribution in [1.82, 2.24) is 9.55 Å². The fourth-order valence-electron chi connectivity index (χ4n) is 2.18. The molecule has 5 heteroatoms. The second-order valence-electron chi connectivity index (χ2n) is 4.54. The summed E-state index contributed by atoms with van der Waals surface area (Å²) in [7, 11) is 0. The van der Waals surface area contributed by atoms with Crippen LogP contribution in [0.3, 0.4) is 0 Å². The first-order valence-corrected chi connectivity index (χ1v) is 6.28. The molecule has 0 bridgehead atoms. The van der Waals surface area contributed by atoms with E-state index < -0.39 is 5.97 Å². The van der Waals surface area contributed by atoms with E-state index in [9.17, 15) is 10.1 Å². The molecule has 21 heavy (non-hydrogen) atoms. The highest BCUT2D eigenvalue weighted by atomic mass is 16.4. The molecule has 0 atom stereocenters. The highest BCUT2D eigenvalue weighted by molar-refractivity contribution is 5.87. The molecular weight excluding hydrogens is 266 g/mol. The fourth-order valence-corrected chi connectivity index (χ4v) is 2.18. The van der Waals surface area contributed by atoms with E-state index in [0.717, 1.165) is 16.9 Å². The van der Waals surface area contributed by atoms with E-state index in [1.807, 2.05) is 18.3 Å². The molecule has 5 nitrogen and oxygen atoms in total. The number of H-pyrrole nitrogens is 1. The predicted octanol–water partition coefficient (Wildman–Crippen LogP) is 3.04. The summed E-state index contributed by atoms with van der Waals surface area (Å²) in [6, 6.07) is 12.4. The molecule has 0 unspecified atom stereocenters. The second-order valence-corrected chi connectivity index (χ2v) is 4.54. The molecule has 0 aliphatic carbocycles. The van der Waals surface area contributed by atoms with Crippen molar-refractivity contribution in [3.05, 3.63) is 66.1 Å². The normalized spacial score (nSPS) is 10.2. The van der Waals surface area contributed by atoms with Gasteiger partial charge in [-0.1, -0.05) is 0 Å². The summed E-state index contributed by atoms with van der Waals surface area (Å²) in [5.74, 6) is -0.959. The van der Waals surface area contributed by atoms with Gasteiger partial charge in [-0.25, -0.2) is 4.79 Å². The van der Waals surface area contributed by atoms with Gasteiger partial charge < -0.3 is 14.7 Å². The van der Waals surface area contributed by atoms with Crippen LogP contribution < -0.4 is 0 Å². The van der Waals surface area contributed by atoms with Crippen LogP contribution in [0.25, 0.3) is 16.9 Å². The Morgan fingerprint density at radius 3 is 2.52 bits per heavy atom. The van der Waals surface area contributed by atoms with E-state index in [2.05, 4.69) is 11.1 Å². The van der Waals surface area contributed by atoms with Gasteiger partial charge in [0, 0.05) is 35.5 Å². The van der Waals surface area contributed by atoms with Crippen LogP contribution in [0.5, 0.6) is 0 Å². The van der Waals surface area contributed by atoms with Gasteiger partial charge in [0.1, 0.15) is 6.07 Å². The number of hydrogen-bond donors (Lipinski definition) is 2. The van der Waals surface area contributed by atoms with Gasteiger partial charge in [0.05, 0.1) is 11.1 Å². The molecule has 2 aromatic heterocycles. The number of aromatic carboxylic acids is 1. The van der Waals surface area contributed by atoms with Gasteiger partial charge in [0.2, 0.25) is 0 Å². The van der Waals surface area contributed by atoms with Crippen LogP contribution >= 0.6 is 0 Å². The zero-order chi connectivity index (χ0) is 14.8. The Hall–Kier alpha value is -3.26. The van der Waals surface area contributed by atoms with Crippen molar-refractivity contribution in [1.29, 1.82) is 5.26 Å². The lowest BCUT2D eigenvalue weighted by Crippen LogP contribution is -1.97. The molecule has 3 aromatic rings. The van der Waals surface area contributed by atoms with E-state index in [4.69, 9.17) is 5.11 Å². The zero-order valence-electron chi connectivity index (χ0n) is 10.9. The summed E-state index contributed by atoms with van der Waals surface area (Å²) in [4.78, 5) is 13.9. The Morgan fingerprint density at radius 2 is 1.95 bits per heavy atom. The standard InChI is InChI=1S/C16H11N3O2/c17-8-12-9-19(10-14(12)15-2-1-7-18-15)13-5-3-11(4-6-13)16(20)21/h1-7,9-10,18H,(H,20,21). The Kier molecular flexibility index (Phi) is 3.05. The number of nitrogens with one attached hydrogen (secondary N) is 1. The summed E-state index contributed by atoms with van der Waals surface area (Å²) in [5.41, 5.74) is 3.27. The lowest BCUT2D eigenvalue weighted by Gasteiger charge is -2.02. The third-order valence-electron chi connectivity index (χ3n) is 3.25. The van der Waals surface area contributed by atoms with E-state index in [1.54, 1.807) is 29.1 Å². The highest BCUT2D eigenvalue weighted by Crippen LogP contribution is 2.24. The Balaban J connectivity index is 2.04. The number of carboxylic acid groups (broad SMARTS) is 1. The van der Waals surface area contributed by atoms with Crippen molar-refractivity contribution in [3.8, 4) is 23.0 Å². The van der Waals surface area contributed by atoms with E-state index >= 15 is 0 Å². The number of nitriles is 1. The predicted molar refractivity (Wildman–Crippen MR) is 77.2 cm³/mol. The molecule has 2 N–H and O–H groups in total. The smallest absolute Gasteiger partial charge is 0.335 e. The first-order chi connectivity index (χ1) is 10.2. The van der Waals surface area contributed by atoms with Gasteiger partial charge in [-0.3, -0.25) is 0 Å². The summed E-state index contributed by atoms with van der Waals surface area (Å²) >= 11 is 0. The van der Waals surface area contributed by atoms with Crippen molar-refractivity contribution >= 4 is 5.97 Å². The van der Waals surface area contributed by atoms with E-state index in [0.29, 0.717) is 5.56 Å². The lowest BCUT2D eigenvalue weighted by molar-refractivity contribution is 0.0697. The van der Waals surface area contributed by atoms with Gasteiger partial charge in [-0.05, 0) is 36.4 Å². The molecule has 0 radical (unpaired) electrons. The van der Waals surface area contributed by atoms with Gasteiger partial charge in [0.15, 0.2) is 0 Å². The molecule has 0 saturated heterocycles. The number of aromatic amines is 1. The lowest BCUT2D eigenvalue weighted by atomic mass is 10.1. The molecule has 0 aliphatic rings. The first-order valence-electron chi connectivity index (χ1n) is 6.28. The molecular formula is C16H11N3O2. The van der Waals surface area contributed by atoms with Gasteiger partial charge in [-0.15, -0.1) is 0 Å². The van der Waals surface area contributed by atoms with Crippen molar-refractivity contribution in [2.75, 3.05) is 0 Å². The Morgan fingerprint density at radius 1 is 1.19 bits per heavy atom. The minimum atomic E-state index is -0.959. The monoisotopic (exact) mass is 277 g/mol. The van der Waals surface area contributed by atoms with Crippen LogP contribution in [0.1, 0.15) is 15.9 Å². The minimum Gasteiger partial charge on any atom is -0.478 e. The van der Waals surface area contributed by atoms with Crippen molar-refractivity contribution in [2.24, 2.45) is 0 Å². The van der Waals surface area contributed by atoms with Gasteiger partial charge in [0.25, 0.3) is 0 Å². The Labute approximate surface area is 120 Å². The maximum absolute atomic E-state index is 10.9. The number of benzene rings is 1. The molecule has 3 rings (SSSR count). The van der Waals surface area contributed by atoms with E-state index in [-0.39, 0.29) is 5.56 Å². The molecule has 102 valence electrons. The summed E-state index contributed by atoms with van der Waals surface area (Å²) in [6.45, 7) is 0. The number of nitrogens with zero attached hydrogens (tertiary/aromatic N) is 2. The SMILES string of the molecule is N#Cc1cn(-c2ccc(C(=O)O)cc2)cc1-c1ccc[nH]1. The summed E-state index contributed by atoms with van der Waals surface area (Å²) in [6.07, 6.45) is 5.38. The molecule has 1 aromatic carbocycles. The number of aromatic nitrogens is 2. The number of hydrogen-bond acceptors (Lipinski definition) is 2. The van der Waals surface area contributed by atoms with Gasteiger partial charge in [-0.2, -0.15) is 5.26 Å². The third kappa shape index (κ3) is 2.30. The molecule has 0 amide bonds. The molecule has 2 heterocycles. The summed E-state index contributed by atoms with van der Waals surface area (Å²) < 4.78 is 1.81. The fraction of sp³-hybridized carbons (Fsp3) is 0. The molecule has 0 saturated carbocycles. The van der Waals surface area contributed by atoms with Gasteiger partial charge >= 0.3 is 5.97 Å². The number of rotatable bonds is 3. The summed E-state index contributed by atoms with van der Waals surface area (Å²) in [5, 5.41) is 18.1. The Bertz CT molecular complexity index is 822. The largest absolute Gasteiger partial charge is 0.478 e. The topological polar surface area (TPSA) is 81.8 Å². The maximum Gasteiger partial charge on any atom is 0.335 e. The van der Waals surface area contributed by atoms with Crippen molar-refractivity contribution in [2.45, 2.75) is 0 Å². The van der Waals surface area contributed by atoms with Crippen LogP contribution in [0.4, 0.5) is 0 Å². The van der Waals surface area contributed by atoms with Crippen LogP contribution in [-0.4, -0.2) is 20.6 Å². The number of carboxylic acids is 1. The van der Waals surface area contributed by atoms with Crippen molar-refractivity contribution < 1.29 is 9.90 Å². The minimum absolute atomic E-state index is 0.232. The highest BCUT2D eigenvalue weighted by Gasteiger charge is 2.11. The average molecular weight is 277 g/mol. The van der Waals surface area contributed by atoms with Crippen molar-refractivity contribution in [3.63, 3.8) is 0 Å². The van der Waals surface area contributed by atoms with Crippen LogP contribution in [0, 0.1) is 11.3 Å². The molecule has 0 fully saturated rings. The van der Waals surface area contributed by atoms with Crippen LogP contribution in [0.15, 0.2) is 55.0 Å². The second kappa shape index (κ2) is 5.02. The van der Waals surface area contributed by atoms with Crippen LogP contribution in [0.2, 0.25) is 0 Å². The first kappa shape index (κ1) is 12.8. The average Bonchev–Trinajstić information content (AvgIpc) is 3.16. The third-order valence-corrected chi connectivity index (χ3v) is 3.25.